The van der Waals surface area contributed by atoms with Crippen LogP contribution in [-0.4, -0.2) is 69.2 Å². The second kappa shape index (κ2) is 19.4. The van der Waals surface area contributed by atoms with Crippen molar-refractivity contribution < 1.29 is 38.6 Å². The molecular formula is C37H42N6O8. The lowest BCUT2D eigenvalue weighted by Crippen LogP contribution is -2.55. The van der Waals surface area contributed by atoms with Crippen molar-refractivity contribution in [2.45, 2.75) is 63.6 Å². The van der Waals surface area contributed by atoms with Crippen LogP contribution in [0.3, 0.4) is 0 Å². The van der Waals surface area contributed by atoms with E-state index in [2.05, 4.69) is 20.9 Å². The lowest BCUT2D eigenvalue weighted by molar-refractivity contribution is -0.149. The number of nitrogens with two attached hydrogens (primary N) is 1. The van der Waals surface area contributed by atoms with Crippen molar-refractivity contribution in [2.75, 3.05) is 6.54 Å². The van der Waals surface area contributed by atoms with Gasteiger partial charge in [-0.05, 0) is 23.1 Å². The highest BCUT2D eigenvalue weighted by Gasteiger charge is 2.30. The van der Waals surface area contributed by atoms with Crippen LogP contribution < -0.4 is 21.7 Å². The van der Waals surface area contributed by atoms with Crippen molar-refractivity contribution in [1.29, 1.82) is 0 Å². The first-order valence-electron chi connectivity index (χ1n) is 16.4. The Morgan fingerprint density at radius 3 is 2.02 bits per heavy atom. The zero-order valence-corrected chi connectivity index (χ0v) is 28.1. The molecule has 0 bridgehead atoms. The Kier molecular flexibility index (Phi) is 14.4. The number of rotatable bonds is 17. The second-order valence-corrected chi connectivity index (χ2v) is 11.7. The molecule has 0 aliphatic rings. The summed E-state index contributed by atoms with van der Waals surface area (Å²) in [6, 6.07) is 23.4. The zero-order chi connectivity index (χ0) is 36.6. The van der Waals surface area contributed by atoms with Crippen molar-refractivity contribution in [1.82, 2.24) is 25.5 Å². The molecule has 2 unspecified atom stereocenters. The normalized spacial score (nSPS) is 13.2. The molecule has 14 heteroatoms. The van der Waals surface area contributed by atoms with Crippen LogP contribution in [0.2, 0.25) is 0 Å². The predicted molar refractivity (Wildman–Crippen MR) is 185 cm³/mol. The average Bonchev–Trinajstić information content (AvgIpc) is 3.63. The number of benzene rings is 3. The number of aromatic nitrogens is 2. The minimum atomic E-state index is -1.71. The van der Waals surface area contributed by atoms with Gasteiger partial charge in [0.2, 0.25) is 11.8 Å². The number of nitrogens with one attached hydrogen (secondary N) is 3. The Bertz CT molecular complexity index is 1740. The van der Waals surface area contributed by atoms with Crippen LogP contribution in [0.15, 0.2) is 104 Å². The lowest BCUT2D eigenvalue weighted by atomic mass is 10.0. The molecule has 6 N–H and O–H groups in total. The van der Waals surface area contributed by atoms with Crippen molar-refractivity contribution in [2.24, 2.45) is 5.73 Å². The van der Waals surface area contributed by atoms with E-state index >= 15 is 0 Å². The maximum Gasteiger partial charge on any atom is 0.419 e. The minimum absolute atomic E-state index is 0.00306. The molecule has 4 rings (SSSR count). The van der Waals surface area contributed by atoms with Crippen molar-refractivity contribution in [3.05, 3.63) is 126 Å². The quantitative estimate of drug-likeness (QED) is 0.102. The molecule has 3 aromatic carbocycles. The van der Waals surface area contributed by atoms with Gasteiger partial charge >= 0.3 is 12.1 Å². The third-order valence-electron chi connectivity index (χ3n) is 7.72. The molecule has 0 radical (unpaired) electrons. The Hall–Kier alpha value is -5.86. The SMILES string of the molecule is CCCC(NC(=O)[C@@H](N)Cc1cn(C(=O)OCc2ccccc2)cn1)C(O)C(=O)NCC(=O)N[C@H](C(=O)OCc1ccccc1)c1ccccc1. The van der Waals surface area contributed by atoms with E-state index in [1.54, 1.807) is 49.4 Å². The van der Waals surface area contributed by atoms with Gasteiger partial charge in [0.25, 0.3) is 5.91 Å². The van der Waals surface area contributed by atoms with Gasteiger partial charge in [-0.3, -0.25) is 14.4 Å². The summed E-state index contributed by atoms with van der Waals surface area (Å²) in [7, 11) is 0. The van der Waals surface area contributed by atoms with Gasteiger partial charge < -0.3 is 36.3 Å². The number of ether oxygens (including phenoxy) is 2. The third-order valence-corrected chi connectivity index (χ3v) is 7.72. The van der Waals surface area contributed by atoms with E-state index in [4.69, 9.17) is 15.2 Å². The summed E-state index contributed by atoms with van der Waals surface area (Å²) in [5.41, 5.74) is 8.53. The third kappa shape index (κ3) is 11.9. The number of aliphatic hydroxyl groups excluding tert-OH is 1. The van der Waals surface area contributed by atoms with E-state index in [1.807, 2.05) is 48.5 Å². The van der Waals surface area contributed by atoms with E-state index in [-0.39, 0.29) is 26.1 Å². The van der Waals surface area contributed by atoms with Gasteiger partial charge in [-0.1, -0.05) is 104 Å². The van der Waals surface area contributed by atoms with Crippen LogP contribution in [0.1, 0.15) is 48.2 Å². The molecule has 1 aromatic heterocycles. The van der Waals surface area contributed by atoms with Crippen molar-refractivity contribution in [3.63, 3.8) is 0 Å². The highest BCUT2D eigenvalue weighted by molar-refractivity contribution is 5.90. The Morgan fingerprint density at radius 1 is 0.824 bits per heavy atom. The standard InChI is InChI=1S/C37H42N6O8/c1-2-12-30(41-34(46)29(38)19-28-21-43(24-40-28)37(49)51-23-26-15-8-4-9-16-26)33(45)35(47)39-20-31(44)42-32(27-17-10-5-11-18-27)36(48)50-22-25-13-6-3-7-14-25/h3-11,13-18,21,24,29-30,32-33,45H,2,12,19-20,22-23,38H2,1H3,(H,39,47)(H,41,46)(H,42,44)/t29-,30?,32-,33?/m0/s1. The fraction of sp³-hybridized carbons (Fsp3) is 0.297. The molecule has 1 heterocycles. The number of carbonyl (C=O) groups excluding carboxylic acids is 5. The maximum atomic E-state index is 13.0. The highest BCUT2D eigenvalue weighted by Crippen LogP contribution is 2.16. The molecule has 0 saturated heterocycles. The number of carbonyl (C=O) groups is 5. The molecule has 0 fully saturated rings. The summed E-state index contributed by atoms with van der Waals surface area (Å²) in [6.45, 7) is 1.32. The van der Waals surface area contributed by atoms with Gasteiger partial charge in [0.15, 0.2) is 12.1 Å². The number of imidazole rings is 1. The molecule has 0 aliphatic heterocycles. The fourth-order valence-corrected chi connectivity index (χ4v) is 4.99. The van der Waals surface area contributed by atoms with Crippen LogP contribution in [0.25, 0.3) is 0 Å². The summed E-state index contributed by atoms with van der Waals surface area (Å²) in [5.74, 6) is -2.96. The molecule has 4 aromatic rings. The van der Waals surface area contributed by atoms with Crippen LogP contribution >= 0.6 is 0 Å². The Morgan fingerprint density at radius 2 is 1.41 bits per heavy atom. The molecule has 3 amide bonds. The summed E-state index contributed by atoms with van der Waals surface area (Å²) < 4.78 is 11.9. The number of aliphatic hydroxyl groups is 1. The molecule has 0 saturated carbocycles. The molecular weight excluding hydrogens is 656 g/mol. The first-order valence-corrected chi connectivity index (χ1v) is 16.4. The molecule has 0 spiro atoms. The van der Waals surface area contributed by atoms with E-state index in [9.17, 15) is 29.1 Å². The first-order chi connectivity index (χ1) is 24.6. The second-order valence-electron chi connectivity index (χ2n) is 11.7. The highest BCUT2D eigenvalue weighted by atomic mass is 16.5. The van der Waals surface area contributed by atoms with Crippen LogP contribution in [0.4, 0.5) is 4.79 Å². The molecule has 14 nitrogen and oxygen atoms in total. The van der Waals surface area contributed by atoms with E-state index in [1.165, 1.54) is 12.5 Å². The fourth-order valence-electron chi connectivity index (χ4n) is 4.99. The van der Waals surface area contributed by atoms with Crippen LogP contribution in [0, 0.1) is 0 Å². The summed E-state index contributed by atoms with van der Waals surface area (Å²) in [6.07, 6.45) is 0.987. The van der Waals surface area contributed by atoms with Gasteiger partial charge in [0, 0.05) is 12.6 Å². The van der Waals surface area contributed by atoms with Gasteiger partial charge in [-0.15, -0.1) is 0 Å². The Balaban J connectivity index is 1.27. The minimum Gasteiger partial charge on any atom is -0.459 e. The smallest absolute Gasteiger partial charge is 0.419 e. The van der Waals surface area contributed by atoms with E-state index < -0.39 is 60.6 Å². The van der Waals surface area contributed by atoms with E-state index in [0.29, 0.717) is 17.7 Å². The van der Waals surface area contributed by atoms with E-state index in [0.717, 1.165) is 15.7 Å². The number of hydrogen-bond donors (Lipinski definition) is 5. The molecule has 4 atom stereocenters. The maximum absolute atomic E-state index is 13.0. The summed E-state index contributed by atoms with van der Waals surface area (Å²) in [4.78, 5) is 68.3. The van der Waals surface area contributed by atoms with Gasteiger partial charge in [0.1, 0.15) is 19.5 Å². The van der Waals surface area contributed by atoms with Gasteiger partial charge in [-0.25, -0.2) is 19.1 Å². The van der Waals surface area contributed by atoms with Gasteiger partial charge in [0.05, 0.1) is 24.3 Å². The number of nitrogens with zero attached hydrogens (tertiary/aromatic N) is 2. The number of amides is 3. The number of hydrogen-bond acceptors (Lipinski definition) is 10. The lowest BCUT2D eigenvalue weighted by Gasteiger charge is -2.25. The first kappa shape index (κ1) is 38.0. The predicted octanol–water partition coefficient (Wildman–Crippen LogP) is 2.30. The largest absolute Gasteiger partial charge is 0.459 e. The topological polar surface area (TPSA) is 204 Å². The van der Waals surface area contributed by atoms with Gasteiger partial charge in [-0.2, -0.15) is 0 Å². The van der Waals surface area contributed by atoms with Crippen molar-refractivity contribution in [3.8, 4) is 0 Å². The average molecular weight is 699 g/mol. The number of esters is 1. The van der Waals surface area contributed by atoms with Crippen LogP contribution in [0.5, 0.6) is 0 Å². The summed E-state index contributed by atoms with van der Waals surface area (Å²) in [5, 5.41) is 18.4. The monoisotopic (exact) mass is 698 g/mol. The summed E-state index contributed by atoms with van der Waals surface area (Å²) >= 11 is 0. The molecule has 0 aliphatic carbocycles. The Labute approximate surface area is 295 Å². The van der Waals surface area contributed by atoms with Crippen LogP contribution in [-0.2, 0) is 48.3 Å². The van der Waals surface area contributed by atoms with Crippen molar-refractivity contribution >= 4 is 29.8 Å². The molecule has 51 heavy (non-hydrogen) atoms. The molecule has 268 valence electrons. The zero-order valence-electron chi connectivity index (χ0n) is 28.1.